The van der Waals surface area contributed by atoms with E-state index in [1.165, 1.54) is 0 Å². The van der Waals surface area contributed by atoms with Gasteiger partial charge in [0.15, 0.2) is 5.76 Å². The molecule has 36 heavy (non-hydrogen) atoms. The molecule has 0 aliphatic heterocycles. The van der Waals surface area contributed by atoms with Crippen molar-refractivity contribution in [2.75, 3.05) is 5.32 Å². The van der Waals surface area contributed by atoms with Crippen LogP contribution in [-0.4, -0.2) is 22.1 Å². The molecule has 1 amide bonds. The largest absolute Gasteiger partial charge is 0.481 e. The molecule has 1 aliphatic rings. The van der Waals surface area contributed by atoms with E-state index < -0.39 is 54.0 Å². The number of amides is 1. The number of aliphatic carboxylic acids is 1. The summed E-state index contributed by atoms with van der Waals surface area (Å²) in [5.41, 5.74) is -0.116. The van der Waals surface area contributed by atoms with Crippen LogP contribution in [0.5, 0.6) is 0 Å². The van der Waals surface area contributed by atoms with Crippen LogP contribution in [0.15, 0.2) is 22.7 Å². The summed E-state index contributed by atoms with van der Waals surface area (Å²) in [6.45, 7) is 8.11. The van der Waals surface area contributed by atoms with Crippen LogP contribution in [0.3, 0.4) is 0 Å². The summed E-state index contributed by atoms with van der Waals surface area (Å²) >= 11 is 6.16. The van der Waals surface area contributed by atoms with Gasteiger partial charge in [-0.25, -0.2) is 0 Å². The molecule has 3 rings (SSSR count). The summed E-state index contributed by atoms with van der Waals surface area (Å²) in [5.74, 6) is -3.19. The third kappa shape index (κ3) is 7.24. The molecule has 1 atom stereocenters. The lowest BCUT2D eigenvalue weighted by Crippen LogP contribution is -2.27. The molecule has 1 aromatic carbocycles. The Morgan fingerprint density at radius 3 is 2.47 bits per heavy atom. The van der Waals surface area contributed by atoms with E-state index in [1.807, 2.05) is 6.92 Å². The molecule has 6 nitrogen and oxygen atoms in total. The first-order valence-electron chi connectivity index (χ1n) is 12.0. The molecule has 0 bridgehead atoms. The van der Waals surface area contributed by atoms with E-state index in [4.69, 9.17) is 21.2 Å². The number of carbonyl (C=O) groups is 2. The number of carboxylic acid groups (broad SMARTS) is 1. The number of aromatic nitrogens is 1. The third-order valence-corrected chi connectivity index (χ3v) is 6.77. The number of halogens is 4. The molecular weight excluding hydrogens is 497 g/mol. The van der Waals surface area contributed by atoms with Gasteiger partial charge in [0, 0.05) is 24.7 Å². The van der Waals surface area contributed by atoms with Gasteiger partial charge in [-0.15, -0.1) is 0 Å². The van der Waals surface area contributed by atoms with Crippen LogP contribution in [0, 0.1) is 18.3 Å². The zero-order chi connectivity index (χ0) is 26.8. The van der Waals surface area contributed by atoms with Gasteiger partial charge in [0.2, 0.25) is 5.91 Å². The Balaban J connectivity index is 1.85. The first kappa shape index (κ1) is 28.0. The number of carbonyl (C=O) groups excluding carboxylic acids is 1. The number of benzene rings is 1. The molecule has 2 aromatic rings. The topological polar surface area (TPSA) is 92.4 Å². The van der Waals surface area contributed by atoms with Gasteiger partial charge in [0.25, 0.3) is 0 Å². The van der Waals surface area contributed by atoms with Gasteiger partial charge in [-0.1, -0.05) is 43.6 Å². The molecule has 1 fully saturated rings. The van der Waals surface area contributed by atoms with Gasteiger partial charge in [0.1, 0.15) is 5.56 Å². The molecule has 1 aliphatic carbocycles. The van der Waals surface area contributed by atoms with E-state index in [-0.39, 0.29) is 17.6 Å². The molecule has 2 N–H and O–H groups in total. The molecule has 0 saturated heterocycles. The van der Waals surface area contributed by atoms with Crippen LogP contribution in [0.25, 0.3) is 0 Å². The van der Waals surface area contributed by atoms with Crippen molar-refractivity contribution in [3.05, 3.63) is 45.8 Å². The predicted molar refractivity (Wildman–Crippen MR) is 130 cm³/mol. The van der Waals surface area contributed by atoms with Crippen molar-refractivity contribution in [2.24, 2.45) is 11.3 Å². The molecule has 1 saturated carbocycles. The minimum absolute atomic E-state index is 0.0741. The maximum absolute atomic E-state index is 14.2. The van der Waals surface area contributed by atoms with Crippen molar-refractivity contribution >= 4 is 29.2 Å². The maximum Gasteiger partial charge on any atom is 0.421 e. The Hall–Kier alpha value is -2.55. The number of aryl methyl sites for hydroxylation is 1. The highest BCUT2D eigenvalue weighted by molar-refractivity contribution is 6.33. The fourth-order valence-electron chi connectivity index (χ4n) is 4.92. The molecule has 198 valence electrons. The van der Waals surface area contributed by atoms with Crippen molar-refractivity contribution in [3.63, 3.8) is 0 Å². The smallest absolute Gasteiger partial charge is 0.421 e. The van der Waals surface area contributed by atoms with Crippen LogP contribution in [0.1, 0.15) is 93.7 Å². The zero-order valence-electron chi connectivity index (χ0n) is 20.8. The molecule has 0 unspecified atom stereocenters. The number of nitrogens with zero attached hydrogens (tertiary/aromatic N) is 1. The van der Waals surface area contributed by atoms with Gasteiger partial charge >= 0.3 is 12.1 Å². The maximum atomic E-state index is 14.2. The zero-order valence-corrected chi connectivity index (χ0v) is 21.6. The minimum Gasteiger partial charge on any atom is -0.481 e. The van der Waals surface area contributed by atoms with Crippen molar-refractivity contribution in [3.8, 4) is 0 Å². The van der Waals surface area contributed by atoms with Gasteiger partial charge in [-0.2, -0.15) is 13.2 Å². The highest BCUT2D eigenvalue weighted by Crippen LogP contribution is 2.51. The Morgan fingerprint density at radius 1 is 1.25 bits per heavy atom. The fourth-order valence-corrected chi connectivity index (χ4v) is 5.20. The lowest BCUT2D eigenvalue weighted by molar-refractivity contribution is -0.140. The summed E-state index contributed by atoms with van der Waals surface area (Å²) in [4.78, 5) is 24.0. The molecular formula is C26H32ClF3N2O4. The quantitative estimate of drug-likeness (QED) is 0.350. The number of alkyl halides is 3. The van der Waals surface area contributed by atoms with Crippen LogP contribution in [0.2, 0.25) is 5.02 Å². The van der Waals surface area contributed by atoms with Gasteiger partial charge < -0.3 is 14.9 Å². The molecule has 1 aromatic heterocycles. The summed E-state index contributed by atoms with van der Waals surface area (Å²) in [6.07, 6.45) is -3.73. The fraction of sp³-hybridized carbons (Fsp3) is 0.577. The Labute approximate surface area is 213 Å². The number of carboxylic acids is 1. The first-order chi connectivity index (χ1) is 16.6. The van der Waals surface area contributed by atoms with Gasteiger partial charge in [-0.05, 0) is 61.6 Å². The highest BCUT2D eigenvalue weighted by atomic mass is 35.5. The number of hydrogen-bond acceptors (Lipinski definition) is 4. The lowest BCUT2D eigenvalue weighted by Gasteiger charge is -2.38. The monoisotopic (exact) mass is 528 g/mol. The van der Waals surface area contributed by atoms with Crippen molar-refractivity contribution in [2.45, 2.75) is 84.2 Å². The Kier molecular flexibility index (Phi) is 8.43. The number of rotatable bonds is 9. The van der Waals surface area contributed by atoms with Gasteiger partial charge in [0.05, 0.1) is 16.4 Å². The molecule has 10 heteroatoms. The van der Waals surface area contributed by atoms with Crippen LogP contribution in [0.4, 0.5) is 18.9 Å². The van der Waals surface area contributed by atoms with Crippen molar-refractivity contribution in [1.29, 1.82) is 0 Å². The van der Waals surface area contributed by atoms with E-state index >= 15 is 0 Å². The number of hydrogen-bond donors (Lipinski definition) is 2. The van der Waals surface area contributed by atoms with E-state index in [1.54, 1.807) is 18.2 Å². The average molecular weight is 529 g/mol. The summed E-state index contributed by atoms with van der Waals surface area (Å²) in [6, 6.07) is 4.98. The number of anilines is 1. The molecule has 0 spiro atoms. The molecule has 0 radical (unpaired) electrons. The average Bonchev–Trinajstić information content (AvgIpc) is 3.14. The summed E-state index contributed by atoms with van der Waals surface area (Å²) in [7, 11) is 0. The van der Waals surface area contributed by atoms with E-state index in [2.05, 4.69) is 31.2 Å². The lowest BCUT2D eigenvalue weighted by atomic mass is 9.67. The van der Waals surface area contributed by atoms with Crippen LogP contribution < -0.4 is 5.32 Å². The molecule has 1 heterocycles. The van der Waals surface area contributed by atoms with E-state index in [9.17, 15) is 22.8 Å². The highest BCUT2D eigenvalue weighted by Gasteiger charge is 2.47. The second kappa shape index (κ2) is 10.8. The second-order valence-corrected chi connectivity index (χ2v) is 11.4. The normalized spacial score (nSPS) is 19.0. The number of nitrogens with one attached hydrogen (secondary N) is 1. The Morgan fingerprint density at radius 2 is 1.92 bits per heavy atom. The third-order valence-electron chi connectivity index (χ3n) is 6.46. The van der Waals surface area contributed by atoms with E-state index in [0.29, 0.717) is 29.5 Å². The van der Waals surface area contributed by atoms with Crippen LogP contribution in [-0.2, 0) is 15.8 Å². The van der Waals surface area contributed by atoms with Crippen LogP contribution >= 0.6 is 11.6 Å². The first-order valence-corrected chi connectivity index (χ1v) is 12.4. The van der Waals surface area contributed by atoms with Crippen molar-refractivity contribution < 1.29 is 32.4 Å². The SMILES string of the molecule is Cc1ccc(NC(=O)C[C@@H](CCC(=O)O)c2noc([C@H]3C[C@H](CC(C)(C)C)C3)c2C(F)(F)F)c(Cl)c1. The predicted octanol–water partition coefficient (Wildman–Crippen LogP) is 7.56. The summed E-state index contributed by atoms with van der Waals surface area (Å²) < 4.78 is 47.9. The Bertz CT molecular complexity index is 1100. The minimum atomic E-state index is -4.75. The second-order valence-electron chi connectivity index (χ2n) is 11.0. The standard InChI is InChI=1S/C26H32ClF3N2O4/c1-14-5-7-19(18(27)9-14)31-20(33)12-16(6-8-21(34)35)23-22(26(28,29)30)24(36-32-23)17-10-15(11-17)13-25(2,3)4/h5,7,9,15-17H,6,8,10-13H2,1-4H3,(H,31,33)(H,34,35)/t15-,16-,17-/m1/s1. The van der Waals surface area contributed by atoms with Gasteiger partial charge in [-0.3, -0.25) is 9.59 Å². The van der Waals surface area contributed by atoms with E-state index in [0.717, 1.165) is 12.0 Å². The van der Waals surface area contributed by atoms with Crippen molar-refractivity contribution in [1.82, 2.24) is 5.16 Å². The summed E-state index contributed by atoms with van der Waals surface area (Å²) in [5, 5.41) is 15.8.